The molecule has 2 fully saturated rings. The molecule has 0 N–H and O–H groups in total. The number of fused-ring (bicyclic) bond motifs is 1. The number of ether oxygens (including phenoxy) is 2. The molecule has 3 atom stereocenters. The van der Waals surface area contributed by atoms with Crippen molar-refractivity contribution in [3.8, 4) is 5.75 Å². The van der Waals surface area contributed by atoms with E-state index in [0.29, 0.717) is 18.6 Å². The largest absolute Gasteiger partial charge is 0.491 e. The molecule has 0 unspecified atom stereocenters. The van der Waals surface area contributed by atoms with E-state index in [9.17, 15) is 0 Å². The zero-order valence-electron chi connectivity index (χ0n) is 15.7. The Balaban J connectivity index is 1.34. The lowest BCUT2D eigenvalue weighted by Gasteiger charge is -2.34. The van der Waals surface area contributed by atoms with Gasteiger partial charge in [-0.15, -0.1) is 0 Å². The molecule has 0 spiro atoms. The highest BCUT2D eigenvalue weighted by atomic mass is 16.6. The zero-order valence-corrected chi connectivity index (χ0v) is 15.7. The molecule has 0 aliphatic carbocycles. The number of likely N-dealkylation sites (tertiary alicyclic amines) is 1. The number of pyridine rings is 1. The van der Waals surface area contributed by atoms with Crippen molar-refractivity contribution in [3.05, 3.63) is 59.9 Å². The molecule has 0 saturated carbocycles. The van der Waals surface area contributed by atoms with Gasteiger partial charge in [-0.2, -0.15) is 0 Å². The van der Waals surface area contributed by atoms with Gasteiger partial charge in [0.1, 0.15) is 18.0 Å². The lowest BCUT2D eigenvalue weighted by atomic mass is 9.89. The summed E-state index contributed by atoms with van der Waals surface area (Å²) < 4.78 is 12.4. The first-order valence-electron chi connectivity index (χ1n) is 9.60. The quantitative estimate of drug-likeness (QED) is 0.819. The molecule has 26 heavy (non-hydrogen) atoms. The van der Waals surface area contributed by atoms with E-state index in [1.54, 1.807) is 0 Å². The van der Waals surface area contributed by atoms with Crippen molar-refractivity contribution < 1.29 is 9.47 Å². The highest BCUT2D eigenvalue weighted by molar-refractivity contribution is 5.21. The minimum Gasteiger partial charge on any atom is -0.491 e. The third-order valence-electron chi connectivity index (χ3n) is 5.66. The van der Waals surface area contributed by atoms with Gasteiger partial charge in [-0.1, -0.05) is 24.3 Å². The summed E-state index contributed by atoms with van der Waals surface area (Å²) in [5, 5.41) is 0. The predicted molar refractivity (Wildman–Crippen MR) is 102 cm³/mol. The maximum Gasteiger partial charge on any atom is 0.119 e. The van der Waals surface area contributed by atoms with E-state index < -0.39 is 0 Å². The predicted octanol–water partition coefficient (Wildman–Crippen LogP) is 3.84. The van der Waals surface area contributed by atoms with Crippen LogP contribution in [0.5, 0.6) is 5.75 Å². The fourth-order valence-electron chi connectivity index (χ4n) is 4.29. The number of benzene rings is 1. The van der Waals surface area contributed by atoms with E-state index in [1.807, 2.05) is 42.6 Å². The number of aryl methyl sites for hydroxylation is 1. The first-order valence-corrected chi connectivity index (χ1v) is 9.60. The minimum atomic E-state index is -0.192. The second-order valence-corrected chi connectivity index (χ2v) is 7.96. The average Bonchev–Trinajstić information content (AvgIpc) is 2.99. The number of piperidine rings is 1. The van der Waals surface area contributed by atoms with Crippen LogP contribution in [0.4, 0.5) is 0 Å². The van der Waals surface area contributed by atoms with E-state index in [-0.39, 0.29) is 5.60 Å². The lowest BCUT2D eigenvalue weighted by Crippen LogP contribution is -2.41. The molecule has 1 aromatic heterocycles. The monoisotopic (exact) mass is 352 g/mol. The van der Waals surface area contributed by atoms with Crippen molar-refractivity contribution in [2.75, 3.05) is 19.7 Å². The smallest absolute Gasteiger partial charge is 0.119 e. The van der Waals surface area contributed by atoms with E-state index in [2.05, 4.69) is 29.8 Å². The van der Waals surface area contributed by atoms with Gasteiger partial charge < -0.3 is 9.47 Å². The minimum absolute atomic E-state index is 0.192. The van der Waals surface area contributed by atoms with Gasteiger partial charge in [0.25, 0.3) is 0 Å². The summed E-state index contributed by atoms with van der Waals surface area (Å²) in [7, 11) is 0. The Morgan fingerprint density at radius 3 is 2.88 bits per heavy atom. The van der Waals surface area contributed by atoms with Crippen LogP contribution in [-0.4, -0.2) is 41.3 Å². The molecule has 2 aliphatic heterocycles. The molecule has 4 rings (SSSR count). The Morgan fingerprint density at radius 2 is 2.08 bits per heavy atom. The van der Waals surface area contributed by atoms with Gasteiger partial charge in [-0.25, -0.2) is 0 Å². The normalized spacial score (nSPS) is 28.7. The number of para-hydroxylation sites is 1. The van der Waals surface area contributed by atoms with Crippen LogP contribution < -0.4 is 4.74 Å². The molecule has 1 aromatic carbocycles. The van der Waals surface area contributed by atoms with Crippen LogP contribution in [0.1, 0.15) is 31.0 Å². The number of rotatable bonds is 5. The molecule has 2 saturated heterocycles. The van der Waals surface area contributed by atoms with Crippen LogP contribution in [0.3, 0.4) is 0 Å². The highest BCUT2D eigenvalue weighted by Crippen LogP contribution is 2.39. The second-order valence-electron chi connectivity index (χ2n) is 7.96. The van der Waals surface area contributed by atoms with Crippen LogP contribution in [0.15, 0.2) is 48.7 Å². The Kier molecular flexibility index (Phi) is 4.96. The van der Waals surface area contributed by atoms with Gasteiger partial charge in [0.2, 0.25) is 0 Å². The van der Waals surface area contributed by atoms with Crippen LogP contribution in [-0.2, 0) is 11.3 Å². The highest BCUT2D eigenvalue weighted by Gasteiger charge is 2.46. The third kappa shape index (κ3) is 3.92. The molecule has 2 aliphatic rings. The summed E-state index contributed by atoms with van der Waals surface area (Å²) in [5.41, 5.74) is 2.28. The molecule has 0 radical (unpaired) electrons. The number of nitrogens with zero attached hydrogens (tertiary/aromatic N) is 2. The summed E-state index contributed by atoms with van der Waals surface area (Å²) >= 11 is 0. The van der Waals surface area contributed by atoms with Crippen molar-refractivity contribution in [2.24, 2.45) is 5.92 Å². The van der Waals surface area contributed by atoms with Crippen molar-refractivity contribution in [2.45, 2.75) is 44.9 Å². The summed E-state index contributed by atoms with van der Waals surface area (Å²) in [6, 6.07) is 14.2. The van der Waals surface area contributed by atoms with Crippen LogP contribution in [0.25, 0.3) is 0 Å². The van der Waals surface area contributed by atoms with Crippen molar-refractivity contribution >= 4 is 0 Å². The van der Waals surface area contributed by atoms with Crippen LogP contribution in [0.2, 0.25) is 0 Å². The van der Waals surface area contributed by atoms with Gasteiger partial charge >= 0.3 is 0 Å². The van der Waals surface area contributed by atoms with E-state index >= 15 is 0 Å². The fourth-order valence-corrected chi connectivity index (χ4v) is 4.29. The standard InChI is InChI=1S/C22H28N2O2/c1-17-7-6-11-23-20(17)15-24-12-10-21-18(14-24)13-22(2,26-21)16-25-19-8-4-3-5-9-19/h3-9,11,18,21H,10,12-16H2,1-2H3/t18-,21+,22-/m1/s1. The van der Waals surface area contributed by atoms with Crippen LogP contribution >= 0.6 is 0 Å². The van der Waals surface area contributed by atoms with Gasteiger partial charge in [0.15, 0.2) is 0 Å². The van der Waals surface area contributed by atoms with Crippen molar-refractivity contribution in [3.63, 3.8) is 0 Å². The Bertz CT molecular complexity index is 736. The van der Waals surface area contributed by atoms with Gasteiger partial charge in [0.05, 0.1) is 11.8 Å². The molecular weight excluding hydrogens is 324 g/mol. The molecule has 4 nitrogen and oxygen atoms in total. The first-order chi connectivity index (χ1) is 12.6. The Morgan fingerprint density at radius 1 is 1.23 bits per heavy atom. The fraction of sp³-hybridized carbons (Fsp3) is 0.500. The van der Waals surface area contributed by atoms with Gasteiger partial charge in [-0.05, 0) is 50.5 Å². The maximum atomic E-state index is 6.43. The van der Waals surface area contributed by atoms with Crippen LogP contribution in [0, 0.1) is 12.8 Å². The molecule has 3 heterocycles. The average molecular weight is 352 g/mol. The second kappa shape index (κ2) is 7.37. The number of hydrogen-bond donors (Lipinski definition) is 0. The van der Waals surface area contributed by atoms with Gasteiger partial charge in [0, 0.05) is 31.7 Å². The summed E-state index contributed by atoms with van der Waals surface area (Å²) in [6.07, 6.45) is 4.41. The molecule has 0 amide bonds. The summed E-state index contributed by atoms with van der Waals surface area (Å²) in [5.74, 6) is 1.50. The molecular formula is C22H28N2O2. The van der Waals surface area contributed by atoms with E-state index in [0.717, 1.165) is 38.2 Å². The Labute approximate surface area is 156 Å². The molecule has 138 valence electrons. The van der Waals surface area contributed by atoms with Crippen molar-refractivity contribution in [1.82, 2.24) is 9.88 Å². The summed E-state index contributed by atoms with van der Waals surface area (Å²) in [4.78, 5) is 7.09. The van der Waals surface area contributed by atoms with E-state index in [1.165, 1.54) is 11.3 Å². The maximum absolute atomic E-state index is 6.43. The zero-order chi connectivity index (χ0) is 18.0. The van der Waals surface area contributed by atoms with Gasteiger partial charge in [-0.3, -0.25) is 9.88 Å². The number of hydrogen-bond acceptors (Lipinski definition) is 4. The SMILES string of the molecule is Cc1cccnc1CN1CC[C@@H]2O[C@@](C)(COc3ccccc3)C[C@@H]2C1. The molecule has 2 aromatic rings. The lowest BCUT2D eigenvalue weighted by molar-refractivity contribution is -0.0698. The molecule has 4 heteroatoms. The number of aromatic nitrogens is 1. The van der Waals surface area contributed by atoms with E-state index in [4.69, 9.17) is 9.47 Å². The Hall–Kier alpha value is -1.91. The summed E-state index contributed by atoms with van der Waals surface area (Å²) in [6.45, 7) is 8.05. The third-order valence-corrected chi connectivity index (χ3v) is 5.66. The topological polar surface area (TPSA) is 34.6 Å². The first kappa shape index (κ1) is 17.5. The van der Waals surface area contributed by atoms with Crippen molar-refractivity contribution in [1.29, 1.82) is 0 Å². The molecule has 0 bridgehead atoms.